The van der Waals surface area contributed by atoms with Crippen molar-refractivity contribution in [1.29, 1.82) is 0 Å². The van der Waals surface area contributed by atoms with Crippen LogP contribution in [0.15, 0.2) is 17.3 Å². The number of rotatable bonds is 5. The van der Waals surface area contributed by atoms with Crippen LogP contribution in [0.3, 0.4) is 0 Å². The van der Waals surface area contributed by atoms with Crippen LogP contribution >= 0.6 is 11.6 Å². The Morgan fingerprint density at radius 2 is 1.91 bits per heavy atom. The van der Waals surface area contributed by atoms with Crippen LogP contribution in [0.1, 0.15) is 68.8 Å². The van der Waals surface area contributed by atoms with E-state index in [-0.39, 0.29) is 22.8 Å². The van der Waals surface area contributed by atoms with Crippen LogP contribution < -0.4 is 10.2 Å². The van der Waals surface area contributed by atoms with Crippen molar-refractivity contribution in [3.63, 3.8) is 0 Å². The van der Waals surface area contributed by atoms with E-state index < -0.39 is 10.8 Å². The summed E-state index contributed by atoms with van der Waals surface area (Å²) in [6, 6.07) is 0. The van der Waals surface area contributed by atoms with Crippen molar-refractivity contribution in [1.82, 2.24) is 19.9 Å². The highest BCUT2D eigenvalue weighted by Crippen LogP contribution is 2.54. The third-order valence-electron chi connectivity index (χ3n) is 7.81. The Bertz CT molecular complexity index is 1080. The maximum absolute atomic E-state index is 13.3. The number of aromatic nitrogens is 4. The summed E-state index contributed by atoms with van der Waals surface area (Å²) < 4.78 is 13.2. The van der Waals surface area contributed by atoms with Gasteiger partial charge in [0.2, 0.25) is 5.95 Å². The monoisotopic (exact) mass is 488 g/mol. The largest absolute Gasteiger partial charge is 0.394 e. The Hall–Kier alpha value is -1.84. The molecule has 0 bridgehead atoms. The zero-order chi connectivity index (χ0) is 22.6. The van der Waals surface area contributed by atoms with Crippen molar-refractivity contribution in [3.05, 3.63) is 28.9 Å². The summed E-state index contributed by atoms with van der Waals surface area (Å²) in [6.45, 7) is 1.74. The van der Waals surface area contributed by atoms with E-state index in [1.54, 1.807) is 12.4 Å². The molecule has 8 nitrogen and oxygen atoms in total. The first-order chi connectivity index (χ1) is 16.0. The molecule has 2 N–H and O–H groups in total. The van der Waals surface area contributed by atoms with E-state index in [0.717, 1.165) is 87.3 Å². The summed E-state index contributed by atoms with van der Waals surface area (Å²) in [5.41, 5.74) is 0.575. The van der Waals surface area contributed by atoms with Crippen molar-refractivity contribution in [2.24, 2.45) is 0 Å². The number of hydrogen-bond donors (Lipinski definition) is 2. The molecule has 6 rings (SSSR count). The van der Waals surface area contributed by atoms with E-state index in [9.17, 15) is 9.32 Å². The van der Waals surface area contributed by atoms with Crippen LogP contribution in [0.4, 0.5) is 11.8 Å². The average molecular weight is 489 g/mol. The molecule has 2 aromatic heterocycles. The minimum absolute atomic E-state index is 0.0609. The molecule has 3 fully saturated rings. The van der Waals surface area contributed by atoms with Gasteiger partial charge in [0.05, 0.1) is 38.4 Å². The Labute approximate surface area is 201 Å². The molecule has 176 valence electrons. The van der Waals surface area contributed by atoms with Crippen LogP contribution in [-0.4, -0.2) is 59.2 Å². The zero-order valence-corrected chi connectivity index (χ0v) is 20.2. The number of aliphatic hydroxyl groups excluding tert-OH is 1. The Kier molecular flexibility index (Phi) is 5.34. The number of fused-ring (bicyclic) bond motifs is 1. The quantitative estimate of drug-likeness (QED) is 0.661. The van der Waals surface area contributed by atoms with Crippen molar-refractivity contribution in [3.8, 4) is 0 Å². The van der Waals surface area contributed by atoms with Gasteiger partial charge >= 0.3 is 0 Å². The number of aliphatic hydroxyl groups is 1. The number of nitrogens with zero attached hydrogens (tertiary/aromatic N) is 5. The molecule has 33 heavy (non-hydrogen) atoms. The van der Waals surface area contributed by atoms with Gasteiger partial charge in [0, 0.05) is 37.8 Å². The molecule has 0 amide bonds. The second-order valence-electron chi connectivity index (χ2n) is 10.1. The summed E-state index contributed by atoms with van der Waals surface area (Å²) >= 11 is 5.96. The highest BCUT2D eigenvalue weighted by molar-refractivity contribution is 7.87. The molecule has 0 radical (unpaired) electrons. The highest BCUT2D eigenvalue weighted by Gasteiger charge is 2.56. The van der Waals surface area contributed by atoms with Gasteiger partial charge in [-0.05, 0) is 51.4 Å². The third-order valence-corrected chi connectivity index (χ3v) is 10.1. The van der Waals surface area contributed by atoms with E-state index in [0.29, 0.717) is 16.8 Å². The Morgan fingerprint density at radius 3 is 2.58 bits per heavy atom. The Morgan fingerprint density at radius 1 is 1.12 bits per heavy atom. The summed E-state index contributed by atoms with van der Waals surface area (Å²) in [7, 11) is -1.09. The molecule has 2 aliphatic heterocycles. The Balaban J connectivity index is 1.29. The van der Waals surface area contributed by atoms with Gasteiger partial charge in [-0.15, -0.1) is 0 Å². The highest BCUT2D eigenvalue weighted by atomic mass is 35.5. The fourth-order valence-corrected chi connectivity index (χ4v) is 7.25. The molecule has 1 unspecified atom stereocenters. The summed E-state index contributed by atoms with van der Waals surface area (Å²) in [4.78, 5) is 21.8. The van der Waals surface area contributed by atoms with Crippen molar-refractivity contribution >= 4 is 34.2 Å². The van der Waals surface area contributed by atoms with Gasteiger partial charge in [-0.3, -0.25) is 4.21 Å². The van der Waals surface area contributed by atoms with Crippen LogP contribution in [0, 0.1) is 0 Å². The predicted octanol–water partition coefficient (Wildman–Crippen LogP) is 3.22. The van der Waals surface area contributed by atoms with Gasteiger partial charge < -0.3 is 15.3 Å². The van der Waals surface area contributed by atoms with Gasteiger partial charge in [-0.1, -0.05) is 11.6 Å². The lowest BCUT2D eigenvalue weighted by Gasteiger charge is -2.41. The standard InChI is InChI=1S/C23H29ClN6O2S/c24-16-12-25-19(26-13-16)15-3-1-9-30(10-4-15)21-27-17-11-23(7-8-23)33(32)18(17)20(28-21)29-22(14-31)5-2-6-22/h12-13,15,31H,1-11,14H2,(H,27,28,29)/t15?,33-/m0/s1. The predicted molar refractivity (Wildman–Crippen MR) is 127 cm³/mol. The zero-order valence-electron chi connectivity index (χ0n) is 18.6. The third kappa shape index (κ3) is 3.82. The number of anilines is 2. The average Bonchev–Trinajstić information content (AvgIpc) is 3.55. The molecule has 2 aromatic rings. The van der Waals surface area contributed by atoms with Gasteiger partial charge in [0.1, 0.15) is 16.5 Å². The topological polar surface area (TPSA) is 104 Å². The number of halogens is 1. The molecular weight excluding hydrogens is 460 g/mol. The summed E-state index contributed by atoms with van der Waals surface area (Å²) in [6.07, 6.45) is 11.9. The van der Waals surface area contributed by atoms with Crippen LogP contribution in [0.25, 0.3) is 0 Å². The van der Waals surface area contributed by atoms with E-state index in [1.165, 1.54) is 0 Å². The first kappa shape index (κ1) is 21.7. The first-order valence-electron chi connectivity index (χ1n) is 12.0. The van der Waals surface area contributed by atoms with Crippen LogP contribution in [0.5, 0.6) is 0 Å². The molecular formula is C23H29ClN6O2S. The van der Waals surface area contributed by atoms with Gasteiger partial charge in [0.25, 0.3) is 0 Å². The van der Waals surface area contributed by atoms with Crippen LogP contribution in [-0.2, 0) is 17.2 Å². The molecule has 0 aromatic carbocycles. The molecule has 10 heteroatoms. The van der Waals surface area contributed by atoms with Gasteiger partial charge in [0.15, 0.2) is 0 Å². The molecule has 4 aliphatic rings. The van der Waals surface area contributed by atoms with Crippen molar-refractivity contribution < 1.29 is 9.32 Å². The molecule has 2 atom stereocenters. The van der Waals surface area contributed by atoms with E-state index >= 15 is 0 Å². The SMILES string of the molecule is O=[S@]1c2c(nc(N3CCCC(c4ncc(Cl)cn4)CC3)nc2NC2(CO)CCC2)CC12CC2. The van der Waals surface area contributed by atoms with Gasteiger partial charge in [-0.25, -0.2) is 15.0 Å². The molecule has 2 aliphatic carbocycles. The van der Waals surface area contributed by atoms with Crippen molar-refractivity contribution in [2.75, 3.05) is 29.9 Å². The van der Waals surface area contributed by atoms with Crippen LogP contribution in [0.2, 0.25) is 5.02 Å². The van der Waals surface area contributed by atoms with E-state index in [2.05, 4.69) is 20.2 Å². The van der Waals surface area contributed by atoms with Crippen molar-refractivity contribution in [2.45, 2.75) is 78.9 Å². The molecule has 4 heterocycles. The number of hydrogen-bond acceptors (Lipinski definition) is 8. The summed E-state index contributed by atoms with van der Waals surface area (Å²) in [5.74, 6) is 2.51. The normalized spacial score (nSPS) is 27.0. The molecule has 2 saturated carbocycles. The summed E-state index contributed by atoms with van der Waals surface area (Å²) in [5, 5.41) is 14.1. The lowest BCUT2D eigenvalue weighted by Crippen LogP contribution is -2.48. The minimum atomic E-state index is -1.09. The van der Waals surface area contributed by atoms with E-state index in [1.807, 2.05) is 0 Å². The number of nitrogens with one attached hydrogen (secondary N) is 1. The maximum Gasteiger partial charge on any atom is 0.227 e. The lowest BCUT2D eigenvalue weighted by molar-refractivity contribution is 0.143. The molecule has 1 saturated heterocycles. The minimum Gasteiger partial charge on any atom is -0.394 e. The van der Waals surface area contributed by atoms with E-state index in [4.69, 9.17) is 21.6 Å². The smallest absolute Gasteiger partial charge is 0.227 e. The fraction of sp³-hybridized carbons (Fsp3) is 0.652. The second kappa shape index (κ2) is 8.13. The fourth-order valence-electron chi connectivity index (χ4n) is 5.38. The molecule has 1 spiro atoms. The second-order valence-corrected chi connectivity index (χ2v) is 12.3. The first-order valence-corrected chi connectivity index (χ1v) is 13.5. The van der Waals surface area contributed by atoms with Gasteiger partial charge in [-0.2, -0.15) is 4.98 Å². The lowest BCUT2D eigenvalue weighted by atomic mass is 9.77. The maximum atomic E-state index is 13.3.